The highest BCUT2D eigenvalue weighted by Gasteiger charge is 2.03. The Bertz CT molecular complexity index is 452. The van der Waals surface area contributed by atoms with E-state index in [2.05, 4.69) is 15.5 Å². The minimum absolute atomic E-state index is 0.508. The lowest BCUT2D eigenvalue weighted by Crippen LogP contribution is -1.91. The van der Waals surface area contributed by atoms with Gasteiger partial charge in [0.05, 0.1) is 0 Å². The Kier molecular flexibility index (Phi) is 2.15. The van der Waals surface area contributed by atoms with Gasteiger partial charge < -0.3 is 5.32 Å². The van der Waals surface area contributed by atoms with Crippen LogP contribution in [0.3, 0.4) is 0 Å². The normalized spacial score (nSPS) is 9.36. The van der Waals surface area contributed by atoms with Gasteiger partial charge in [0.15, 0.2) is 5.82 Å². The summed E-state index contributed by atoms with van der Waals surface area (Å²) in [5, 5.41) is 18.3. The summed E-state index contributed by atoms with van der Waals surface area (Å²) in [7, 11) is 0. The number of para-hydroxylation sites is 1. The van der Waals surface area contributed by atoms with Crippen molar-refractivity contribution in [3.8, 4) is 6.07 Å². The Balaban J connectivity index is 2.24. The molecule has 0 amide bonds. The van der Waals surface area contributed by atoms with Crippen molar-refractivity contribution in [2.75, 3.05) is 5.32 Å². The fraction of sp³-hybridized carbons (Fsp3) is 0. The van der Waals surface area contributed by atoms with Crippen molar-refractivity contribution in [2.24, 2.45) is 0 Å². The molecule has 1 aromatic carbocycles. The molecule has 0 radical (unpaired) electrons. The van der Waals surface area contributed by atoms with E-state index in [0.717, 1.165) is 5.69 Å². The molecule has 0 fully saturated rings. The van der Waals surface area contributed by atoms with Crippen LogP contribution in [-0.4, -0.2) is 10.2 Å². The first-order valence-corrected chi connectivity index (χ1v) is 4.16. The van der Waals surface area contributed by atoms with E-state index in [1.807, 2.05) is 36.4 Å². The van der Waals surface area contributed by atoms with Gasteiger partial charge in [0.25, 0.3) is 0 Å². The zero-order chi connectivity index (χ0) is 9.80. The lowest BCUT2D eigenvalue weighted by molar-refractivity contribution is 1.09. The van der Waals surface area contributed by atoms with Crippen LogP contribution in [0, 0.1) is 11.3 Å². The van der Waals surface area contributed by atoms with Gasteiger partial charge >= 0.3 is 0 Å². The van der Waals surface area contributed by atoms with Gasteiger partial charge in [0.1, 0.15) is 11.6 Å². The van der Waals surface area contributed by atoms with Gasteiger partial charge in [-0.2, -0.15) is 10.4 Å². The van der Waals surface area contributed by atoms with Gasteiger partial charge in [-0.05, 0) is 12.1 Å². The van der Waals surface area contributed by atoms with Crippen molar-refractivity contribution in [3.05, 3.63) is 42.1 Å². The lowest BCUT2D eigenvalue weighted by atomic mass is 10.3. The Morgan fingerprint density at radius 3 is 2.79 bits per heavy atom. The summed E-state index contributed by atoms with van der Waals surface area (Å²) < 4.78 is 0. The number of hydrogen-bond acceptors (Lipinski definition) is 3. The minimum Gasteiger partial charge on any atom is -0.338 e. The second-order valence-corrected chi connectivity index (χ2v) is 2.75. The summed E-state index contributed by atoms with van der Waals surface area (Å²) in [6.07, 6.45) is 1.56. The van der Waals surface area contributed by atoms with Gasteiger partial charge in [-0.1, -0.05) is 18.2 Å². The predicted octanol–water partition coefficient (Wildman–Crippen LogP) is 2.02. The number of benzene rings is 1. The molecular weight excluding hydrogens is 176 g/mol. The fourth-order valence-electron chi connectivity index (χ4n) is 1.13. The van der Waals surface area contributed by atoms with Crippen molar-refractivity contribution >= 4 is 11.5 Å². The van der Waals surface area contributed by atoms with Gasteiger partial charge in [0.2, 0.25) is 0 Å². The van der Waals surface area contributed by atoms with Gasteiger partial charge in [0, 0.05) is 11.9 Å². The van der Waals surface area contributed by atoms with Crippen LogP contribution in [0.15, 0.2) is 36.5 Å². The van der Waals surface area contributed by atoms with Crippen LogP contribution in [-0.2, 0) is 0 Å². The molecule has 2 aromatic rings. The maximum absolute atomic E-state index is 8.74. The van der Waals surface area contributed by atoms with E-state index in [4.69, 9.17) is 5.26 Å². The van der Waals surface area contributed by atoms with E-state index in [0.29, 0.717) is 11.4 Å². The average molecular weight is 184 g/mol. The maximum atomic E-state index is 8.74. The summed E-state index contributed by atoms with van der Waals surface area (Å²) in [6, 6.07) is 11.6. The molecule has 0 atom stereocenters. The van der Waals surface area contributed by atoms with Gasteiger partial charge in [-0.25, -0.2) is 0 Å². The predicted molar refractivity (Wildman–Crippen MR) is 53.0 cm³/mol. The lowest BCUT2D eigenvalue weighted by Gasteiger charge is -2.01. The van der Waals surface area contributed by atoms with Crippen molar-refractivity contribution in [2.45, 2.75) is 0 Å². The Hall–Kier alpha value is -2.28. The number of aromatic nitrogens is 2. The third kappa shape index (κ3) is 1.57. The summed E-state index contributed by atoms with van der Waals surface area (Å²) >= 11 is 0. The van der Waals surface area contributed by atoms with E-state index < -0.39 is 0 Å². The molecule has 0 saturated carbocycles. The van der Waals surface area contributed by atoms with Crippen LogP contribution in [0.5, 0.6) is 0 Å². The second-order valence-electron chi connectivity index (χ2n) is 2.75. The zero-order valence-corrected chi connectivity index (χ0v) is 7.36. The topological polar surface area (TPSA) is 64.5 Å². The Morgan fingerprint density at radius 2 is 2.07 bits per heavy atom. The number of nitrogens with zero attached hydrogens (tertiary/aromatic N) is 2. The number of anilines is 2. The third-order valence-electron chi connectivity index (χ3n) is 1.80. The molecule has 0 saturated heterocycles. The molecule has 1 heterocycles. The first-order valence-electron chi connectivity index (χ1n) is 4.16. The highest BCUT2D eigenvalue weighted by molar-refractivity contribution is 5.61. The smallest absolute Gasteiger partial charge is 0.170 e. The molecule has 68 valence electrons. The summed E-state index contributed by atoms with van der Waals surface area (Å²) in [6.45, 7) is 0. The second kappa shape index (κ2) is 3.62. The first kappa shape index (κ1) is 8.32. The zero-order valence-electron chi connectivity index (χ0n) is 7.36. The third-order valence-corrected chi connectivity index (χ3v) is 1.80. The SMILES string of the molecule is N#Cc1c[nH]nc1Nc1ccccc1. The van der Waals surface area contributed by atoms with Crippen molar-refractivity contribution < 1.29 is 0 Å². The summed E-state index contributed by atoms with van der Waals surface area (Å²) in [5.74, 6) is 0.554. The van der Waals surface area contributed by atoms with Crippen molar-refractivity contribution in [3.63, 3.8) is 0 Å². The van der Waals surface area contributed by atoms with Gasteiger partial charge in [-0.3, -0.25) is 5.10 Å². The molecule has 4 heteroatoms. The number of nitrogens with one attached hydrogen (secondary N) is 2. The molecule has 0 unspecified atom stereocenters. The number of H-pyrrole nitrogens is 1. The van der Waals surface area contributed by atoms with Crippen LogP contribution in [0.4, 0.5) is 11.5 Å². The molecule has 1 aromatic heterocycles. The van der Waals surface area contributed by atoms with E-state index in [-0.39, 0.29) is 0 Å². The van der Waals surface area contributed by atoms with E-state index >= 15 is 0 Å². The van der Waals surface area contributed by atoms with Crippen LogP contribution in [0.25, 0.3) is 0 Å². The largest absolute Gasteiger partial charge is 0.338 e. The number of nitriles is 1. The Morgan fingerprint density at radius 1 is 1.29 bits per heavy atom. The molecule has 0 bridgehead atoms. The molecule has 2 rings (SSSR count). The highest BCUT2D eigenvalue weighted by Crippen LogP contribution is 2.16. The van der Waals surface area contributed by atoms with E-state index in [1.165, 1.54) is 0 Å². The Labute approximate surface area is 81.2 Å². The van der Waals surface area contributed by atoms with Gasteiger partial charge in [-0.15, -0.1) is 0 Å². The fourth-order valence-corrected chi connectivity index (χ4v) is 1.13. The van der Waals surface area contributed by atoms with Crippen LogP contribution in [0.1, 0.15) is 5.56 Å². The van der Waals surface area contributed by atoms with Crippen LogP contribution >= 0.6 is 0 Å². The maximum Gasteiger partial charge on any atom is 0.170 e. The monoisotopic (exact) mass is 184 g/mol. The number of hydrogen-bond donors (Lipinski definition) is 2. The number of aromatic amines is 1. The molecular formula is C10H8N4. The molecule has 14 heavy (non-hydrogen) atoms. The minimum atomic E-state index is 0.508. The summed E-state index contributed by atoms with van der Waals surface area (Å²) in [5.41, 5.74) is 1.42. The standard InChI is InChI=1S/C10H8N4/c11-6-8-7-12-14-10(8)13-9-4-2-1-3-5-9/h1-5,7H,(H2,12,13,14). The van der Waals surface area contributed by atoms with E-state index in [9.17, 15) is 0 Å². The molecule has 0 aliphatic carbocycles. The summed E-state index contributed by atoms with van der Waals surface area (Å²) in [4.78, 5) is 0. The first-order chi connectivity index (χ1) is 6.90. The highest BCUT2D eigenvalue weighted by atomic mass is 15.2. The van der Waals surface area contributed by atoms with Crippen molar-refractivity contribution in [1.82, 2.24) is 10.2 Å². The van der Waals surface area contributed by atoms with Crippen LogP contribution in [0.2, 0.25) is 0 Å². The van der Waals surface area contributed by atoms with Crippen LogP contribution < -0.4 is 5.32 Å². The van der Waals surface area contributed by atoms with Crippen molar-refractivity contribution in [1.29, 1.82) is 5.26 Å². The quantitative estimate of drug-likeness (QED) is 0.750. The molecule has 4 nitrogen and oxygen atoms in total. The number of rotatable bonds is 2. The molecule has 0 aliphatic heterocycles. The average Bonchev–Trinajstić information content (AvgIpc) is 2.67. The molecule has 0 aliphatic rings. The molecule has 0 spiro atoms. The van der Waals surface area contributed by atoms with E-state index in [1.54, 1.807) is 6.20 Å². The molecule has 2 N–H and O–H groups in total.